The number of hydrogen-bond acceptors (Lipinski definition) is 6. The van der Waals surface area contributed by atoms with Crippen LogP contribution >= 0.6 is 11.8 Å². The molecule has 2 saturated heterocycles. The van der Waals surface area contributed by atoms with Gasteiger partial charge in [-0.2, -0.15) is 18.2 Å². The molecule has 6 nitrogen and oxygen atoms in total. The van der Waals surface area contributed by atoms with Crippen molar-refractivity contribution in [1.82, 2.24) is 14.9 Å². The lowest BCUT2D eigenvalue weighted by Gasteiger charge is -2.41. The first kappa shape index (κ1) is 25.6. The largest absolute Gasteiger partial charge is 0.417 e. The molecule has 1 spiro atoms. The second-order valence-electron chi connectivity index (χ2n) is 10.5. The molecule has 12 heteroatoms. The molecule has 3 aliphatic rings. The van der Waals surface area contributed by atoms with Crippen LogP contribution in [-0.2, 0) is 17.5 Å². The summed E-state index contributed by atoms with van der Waals surface area (Å²) in [5.74, 6) is -1.45. The summed E-state index contributed by atoms with van der Waals surface area (Å²) in [7, 11) is 0. The average molecular weight is 553 g/mol. The Hall–Kier alpha value is -2.70. The first-order valence-corrected chi connectivity index (χ1v) is 13.3. The fraction of sp³-hybridized carbons (Fsp3) is 0.462. The van der Waals surface area contributed by atoms with Gasteiger partial charge in [0.15, 0.2) is 0 Å². The van der Waals surface area contributed by atoms with Crippen LogP contribution in [0.3, 0.4) is 0 Å². The molecule has 0 saturated carbocycles. The lowest BCUT2D eigenvalue weighted by atomic mass is 9.88. The van der Waals surface area contributed by atoms with Gasteiger partial charge in [0.2, 0.25) is 0 Å². The minimum Gasteiger partial charge on any atom is -0.380 e. The Labute approximate surface area is 219 Å². The van der Waals surface area contributed by atoms with Crippen LogP contribution in [0.25, 0.3) is 22.0 Å². The summed E-state index contributed by atoms with van der Waals surface area (Å²) in [6.07, 6.45) is -4.86. The number of hydrogen-bond donors (Lipinski definition) is 1. The monoisotopic (exact) mass is 552 g/mol. The number of nitrogens with zero attached hydrogens (tertiary/aromatic N) is 3. The lowest BCUT2D eigenvalue weighted by Crippen LogP contribution is -2.55. The molecule has 0 unspecified atom stereocenters. The van der Waals surface area contributed by atoms with Crippen molar-refractivity contribution in [2.24, 2.45) is 5.41 Å². The summed E-state index contributed by atoms with van der Waals surface area (Å²) in [6.45, 7) is 5.81. The van der Waals surface area contributed by atoms with Gasteiger partial charge >= 0.3 is 11.9 Å². The van der Waals surface area contributed by atoms with Gasteiger partial charge in [0.1, 0.15) is 17.5 Å². The number of rotatable bonds is 2. The Kier molecular flexibility index (Phi) is 6.00. The molecule has 38 heavy (non-hydrogen) atoms. The predicted molar refractivity (Wildman–Crippen MR) is 135 cm³/mol. The smallest absolute Gasteiger partial charge is 0.380 e. The molecule has 3 aliphatic heterocycles. The molecular formula is C26H25F5N4O2S. The Bertz CT molecular complexity index is 1500. The maximum atomic E-state index is 15.1. The number of nitrogens with one attached hydrogen (secondary N) is 1. The molecule has 0 bridgehead atoms. The van der Waals surface area contributed by atoms with Crippen LogP contribution < -0.4 is 15.9 Å². The fourth-order valence-electron chi connectivity index (χ4n) is 5.57. The van der Waals surface area contributed by atoms with E-state index in [2.05, 4.69) is 10.3 Å². The zero-order valence-corrected chi connectivity index (χ0v) is 21.5. The van der Waals surface area contributed by atoms with E-state index in [1.807, 2.05) is 18.7 Å². The van der Waals surface area contributed by atoms with Gasteiger partial charge in [-0.05, 0) is 32.0 Å². The minimum atomic E-state index is -4.86. The standard InChI is InChI=1S/C26H25F5N4O2S/c1-13-8-34(14(2)7-32-13)23-17-6-18(26(29,30)31)20(16-4-3-15(27)5-19(16)28)22-21(17)35(24(36)33-23)9-25(12-38-22)10-37-11-25/h3-6,13-14,32H,7-12H2,1-2H3/t13-,14+/m1/s1. The summed E-state index contributed by atoms with van der Waals surface area (Å²) in [6, 6.07) is 3.41. The van der Waals surface area contributed by atoms with Crippen molar-refractivity contribution in [2.45, 2.75) is 43.5 Å². The lowest BCUT2D eigenvalue weighted by molar-refractivity contribution is -0.137. The number of piperazine rings is 1. The van der Waals surface area contributed by atoms with Crippen LogP contribution in [0.15, 0.2) is 34.0 Å². The van der Waals surface area contributed by atoms with Gasteiger partial charge in [-0.25, -0.2) is 13.6 Å². The van der Waals surface area contributed by atoms with Gasteiger partial charge in [0, 0.05) is 70.4 Å². The molecule has 202 valence electrons. The van der Waals surface area contributed by atoms with Crippen molar-refractivity contribution in [3.8, 4) is 11.1 Å². The average Bonchev–Trinajstić information content (AvgIpc) is 3.01. The van der Waals surface area contributed by atoms with Gasteiger partial charge in [-0.1, -0.05) is 0 Å². The Balaban J connectivity index is 1.73. The topological polar surface area (TPSA) is 59.4 Å². The zero-order valence-electron chi connectivity index (χ0n) is 20.7. The molecule has 0 amide bonds. The van der Waals surface area contributed by atoms with E-state index in [0.717, 1.165) is 30.0 Å². The van der Waals surface area contributed by atoms with Crippen molar-refractivity contribution in [3.63, 3.8) is 0 Å². The molecule has 0 radical (unpaired) electrons. The van der Waals surface area contributed by atoms with Crippen LogP contribution in [0.1, 0.15) is 19.4 Å². The second-order valence-corrected chi connectivity index (χ2v) is 11.5. The fourth-order valence-corrected chi connectivity index (χ4v) is 7.00. The predicted octanol–water partition coefficient (Wildman–Crippen LogP) is 4.67. The number of aromatic nitrogens is 2. The first-order chi connectivity index (χ1) is 18.0. The van der Waals surface area contributed by atoms with E-state index < -0.39 is 40.0 Å². The Morgan fingerprint density at radius 2 is 1.95 bits per heavy atom. The van der Waals surface area contributed by atoms with Crippen molar-refractivity contribution < 1.29 is 26.7 Å². The first-order valence-electron chi connectivity index (χ1n) is 12.3. The number of halogens is 5. The van der Waals surface area contributed by atoms with E-state index in [1.165, 1.54) is 4.57 Å². The third-order valence-electron chi connectivity index (χ3n) is 7.57. The van der Waals surface area contributed by atoms with E-state index in [0.29, 0.717) is 43.6 Å². The molecule has 2 aromatic carbocycles. The van der Waals surface area contributed by atoms with Gasteiger partial charge in [0.25, 0.3) is 0 Å². The number of anilines is 1. The Morgan fingerprint density at radius 3 is 2.61 bits per heavy atom. The van der Waals surface area contributed by atoms with E-state index in [1.54, 1.807) is 0 Å². The SMILES string of the molecule is C[C@@H]1CN(c2nc(=O)n3c4c(c(-c5ccc(F)cc5F)c(C(F)(F)F)cc24)SCC2(COC2)C3)[C@@H](C)CN1. The van der Waals surface area contributed by atoms with E-state index >= 15 is 4.39 Å². The summed E-state index contributed by atoms with van der Waals surface area (Å²) in [5, 5.41) is 3.51. The zero-order chi connectivity index (χ0) is 27.0. The number of ether oxygens (including phenoxy) is 1. The van der Waals surface area contributed by atoms with Gasteiger partial charge < -0.3 is 15.0 Å². The Morgan fingerprint density at radius 1 is 1.18 bits per heavy atom. The van der Waals surface area contributed by atoms with Gasteiger partial charge in [-0.15, -0.1) is 11.8 Å². The number of alkyl halides is 3. The summed E-state index contributed by atoms with van der Waals surface area (Å²) in [4.78, 5) is 19.9. The highest BCUT2D eigenvalue weighted by molar-refractivity contribution is 7.99. The molecule has 1 N–H and O–H groups in total. The van der Waals surface area contributed by atoms with Crippen molar-refractivity contribution >= 4 is 28.5 Å². The second kappa shape index (κ2) is 8.92. The van der Waals surface area contributed by atoms with E-state index in [-0.39, 0.29) is 40.3 Å². The van der Waals surface area contributed by atoms with Crippen LogP contribution in [0.5, 0.6) is 0 Å². The van der Waals surface area contributed by atoms with Crippen molar-refractivity contribution in [2.75, 3.05) is 37.0 Å². The van der Waals surface area contributed by atoms with E-state index in [4.69, 9.17) is 4.74 Å². The van der Waals surface area contributed by atoms with E-state index in [9.17, 15) is 22.4 Å². The molecule has 0 aliphatic carbocycles. The normalized spacial score (nSPS) is 23.0. The highest BCUT2D eigenvalue weighted by atomic mass is 32.2. The number of thioether (sulfide) groups is 1. The highest BCUT2D eigenvalue weighted by Gasteiger charge is 2.45. The summed E-state index contributed by atoms with van der Waals surface area (Å²) >= 11 is 1.16. The van der Waals surface area contributed by atoms with Crippen LogP contribution in [0.2, 0.25) is 0 Å². The minimum absolute atomic E-state index is 0.0278. The molecule has 2 fully saturated rings. The summed E-state index contributed by atoms with van der Waals surface area (Å²) in [5.41, 5.74) is -2.56. The van der Waals surface area contributed by atoms with Crippen LogP contribution in [0, 0.1) is 17.0 Å². The highest BCUT2D eigenvalue weighted by Crippen LogP contribution is 2.51. The molecule has 2 atom stereocenters. The molecule has 3 aromatic rings. The maximum absolute atomic E-state index is 15.1. The van der Waals surface area contributed by atoms with Crippen LogP contribution in [0.4, 0.5) is 27.8 Å². The molecule has 6 rings (SSSR count). The third-order valence-corrected chi connectivity index (χ3v) is 9.02. The molecular weight excluding hydrogens is 527 g/mol. The van der Waals surface area contributed by atoms with Gasteiger partial charge in [-0.3, -0.25) is 4.57 Å². The van der Waals surface area contributed by atoms with Crippen molar-refractivity contribution in [1.29, 1.82) is 0 Å². The number of benzene rings is 2. The van der Waals surface area contributed by atoms with Gasteiger partial charge in [0.05, 0.1) is 24.3 Å². The maximum Gasteiger partial charge on any atom is 0.417 e. The van der Waals surface area contributed by atoms with Crippen LogP contribution in [-0.4, -0.2) is 53.7 Å². The molecule has 1 aromatic heterocycles. The third kappa shape index (κ3) is 4.08. The summed E-state index contributed by atoms with van der Waals surface area (Å²) < 4.78 is 79.8. The quantitative estimate of drug-likeness (QED) is 0.467. The molecule has 4 heterocycles. The van der Waals surface area contributed by atoms with Crippen molar-refractivity contribution in [3.05, 3.63) is 51.9 Å².